The van der Waals surface area contributed by atoms with Gasteiger partial charge >= 0.3 is 0 Å². The molecule has 3 rings (SSSR count). The zero-order valence-electron chi connectivity index (χ0n) is 14.4. The van der Waals surface area contributed by atoms with Crippen molar-refractivity contribution in [3.05, 3.63) is 65.1 Å². The molecule has 0 unspecified atom stereocenters. The zero-order valence-corrected chi connectivity index (χ0v) is 15.1. The van der Waals surface area contributed by atoms with Gasteiger partial charge in [0, 0.05) is 16.3 Å². The number of nitrogens with one attached hydrogen (secondary N) is 1. The summed E-state index contributed by atoms with van der Waals surface area (Å²) < 4.78 is 11.1. The van der Waals surface area contributed by atoms with Crippen molar-refractivity contribution in [2.75, 3.05) is 13.7 Å². The molecule has 0 bridgehead atoms. The quantitative estimate of drug-likeness (QED) is 0.602. The minimum Gasteiger partial charge on any atom is -0.493 e. The molecule has 1 heterocycles. The maximum Gasteiger partial charge on any atom is 0.161 e. The molecule has 25 heavy (non-hydrogen) atoms. The maximum absolute atomic E-state index is 5.97. The van der Waals surface area contributed by atoms with Gasteiger partial charge in [-0.3, -0.25) is 0 Å². The largest absolute Gasteiger partial charge is 0.493 e. The van der Waals surface area contributed by atoms with E-state index in [9.17, 15) is 0 Å². The minimum absolute atomic E-state index is 0.610. The fraction of sp³-hybridized carbons (Fsp3) is 0.250. The van der Waals surface area contributed by atoms with Crippen LogP contribution >= 0.6 is 11.6 Å². The van der Waals surface area contributed by atoms with Crippen LogP contribution in [-0.2, 0) is 6.42 Å². The number of aryl methyl sites for hydroxylation is 2. The minimum atomic E-state index is 0.610. The highest BCUT2D eigenvalue weighted by molar-refractivity contribution is 6.30. The average molecular weight is 357 g/mol. The van der Waals surface area contributed by atoms with Crippen LogP contribution < -0.4 is 9.47 Å². The second-order valence-corrected chi connectivity index (χ2v) is 6.20. The second-order valence-electron chi connectivity index (χ2n) is 5.76. The van der Waals surface area contributed by atoms with Gasteiger partial charge in [-0.2, -0.15) is 0 Å². The number of hydrogen-bond donors (Lipinski definition) is 1. The van der Waals surface area contributed by atoms with Gasteiger partial charge in [0.15, 0.2) is 11.5 Å². The molecule has 0 amide bonds. The molecule has 0 spiro atoms. The molecule has 0 aliphatic carbocycles. The van der Waals surface area contributed by atoms with E-state index in [4.69, 9.17) is 21.1 Å². The zero-order chi connectivity index (χ0) is 17.6. The van der Waals surface area contributed by atoms with Crippen molar-refractivity contribution >= 4 is 11.6 Å². The van der Waals surface area contributed by atoms with E-state index in [-0.39, 0.29) is 0 Å². The number of aromatic nitrogens is 2. The third kappa shape index (κ3) is 4.34. The molecule has 1 N–H and O–H groups in total. The summed E-state index contributed by atoms with van der Waals surface area (Å²) in [5.41, 5.74) is 3.16. The lowest BCUT2D eigenvalue weighted by molar-refractivity contribution is 0.289. The Hall–Kier alpha value is -2.46. The predicted molar refractivity (Wildman–Crippen MR) is 101 cm³/mol. The molecular formula is C20H21ClN2O2. The summed E-state index contributed by atoms with van der Waals surface area (Å²) in [6, 6.07) is 15.4. The van der Waals surface area contributed by atoms with E-state index in [1.54, 1.807) is 7.11 Å². The Morgan fingerprint density at radius 3 is 2.48 bits per heavy atom. The van der Waals surface area contributed by atoms with E-state index in [1.165, 1.54) is 0 Å². The lowest BCUT2D eigenvalue weighted by Crippen LogP contribution is -2.01. The maximum atomic E-state index is 5.97. The highest BCUT2D eigenvalue weighted by atomic mass is 35.5. The Bertz CT molecular complexity index is 828. The molecule has 0 saturated heterocycles. The van der Waals surface area contributed by atoms with Gasteiger partial charge in [-0.1, -0.05) is 35.9 Å². The first-order valence-electron chi connectivity index (χ1n) is 8.24. The van der Waals surface area contributed by atoms with Crippen LogP contribution in [0.15, 0.2) is 48.5 Å². The number of halogens is 1. The molecule has 3 aromatic rings. The first-order valence-corrected chi connectivity index (χ1v) is 8.62. The summed E-state index contributed by atoms with van der Waals surface area (Å²) in [5.74, 6) is 2.43. The summed E-state index contributed by atoms with van der Waals surface area (Å²) in [5, 5.41) is 0.725. The van der Waals surface area contributed by atoms with Gasteiger partial charge in [0.2, 0.25) is 0 Å². The van der Waals surface area contributed by atoms with E-state index >= 15 is 0 Å². The van der Waals surface area contributed by atoms with Crippen molar-refractivity contribution in [1.82, 2.24) is 9.97 Å². The average Bonchev–Trinajstić information content (AvgIpc) is 3.00. The highest BCUT2D eigenvalue weighted by Gasteiger charge is 2.11. The lowest BCUT2D eigenvalue weighted by atomic mass is 10.1. The number of nitrogens with zero attached hydrogens (tertiary/aromatic N) is 1. The van der Waals surface area contributed by atoms with Gasteiger partial charge in [-0.15, -0.1) is 0 Å². The normalized spacial score (nSPS) is 10.7. The molecule has 130 valence electrons. The number of methoxy groups -OCH3 is 1. The van der Waals surface area contributed by atoms with Crippen LogP contribution in [0.5, 0.6) is 11.5 Å². The molecule has 0 fully saturated rings. The van der Waals surface area contributed by atoms with Gasteiger partial charge in [-0.05, 0) is 44.0 Å². The summed E-state index contributed by atoms with van der Waals surface area (Å²) in [6.45, 7) is 2.58. The third-order valence-electron chi connectivity index (χ3n) is 3.91. The lowest BCUT2D eigenvalue weighted by Gasteiger charge is -2.10. The summed E-state index contributed by atoms with van der Waals surface area (Å²) in [6.07, 6.45) is 1.73. The van der Waals surface area contributed by atoms with E-state index in [0.717, 1.165) is 52.1 Å². The molecule has 2 aromatic carbocycles. The van der Waals surface area contributed by atoms with Crippen LogP contribution in [0.3, 0.4) is 0 Å². The Labute approximate surface area is 152 Å². The third-order valence-corrected chi connectivity index (χ3v) is 4.16. The van der Waals surface area contributed by atoms with Gasteiger partial charge in [0.05, 0.1) is 19.4 Å². The second kappa shape index (κ2) is 8.08. The molecule has 0 aliphatic heterocycles. The van der Waals surface area contributed by atoms with Crippen molar-refractivity contribution in [3.63, 3.8) is 0 Å². The number of rotatable bonds is 7. The highest BCUT2D eigenvalue weighted by Crippen LogP contribution is 2.27. The smallest absolute Gasteiger partial charge is 0.161 e. The predicted octanol–water partition coefficient (Wildman–Crippen LogP) is 5.06. The van der Waals surface area contributed by atoms with Gasteiger partial charge in [0.25, 0.3) is 0 Å². The molecule has 0 saturated carbocycles. The van der Waals surface area contributed by atoms with Crippen LogP contribution in [0.1, 0.15) is 17.9 Å². The van der Waals surface area contributed by atoms with Crippen molar-refractivity contribution in [3.8, 4) is 22.8 Å². The van der Waals surface area contributed by atoms with Crippen LogP contribution in [0.4, 0.5) is 0 Å². The first-order chi connectivity index (χ1) is 12.2. The Kier molecular flexibility index (Phi) is 5.61. The van der Waals surface area contributed by atoms with E-state index in [1.807, 2.05) is 55.5 Å². The van der Waals surface area contributed by atoms with E-state index < -0.39 is 0 Å². The Morgan fingerprint density at radius 1 is 1.04 bits per heavy atom. The number of ether oxygens (including phenoxy) is 2. The molecule has 1 aromatic heterocycles. The topological polar surface area (TPSA) is 47.1 Å². The number of aromatic amines is 1. The van der Waals surface area contributed by atoms with Gasteiger partial charge in [0.1, 0.15) is 5.82 Å². The monoisotopic (exact) mass is 356 g/mol. The number of H-pyrrole nitrogens is 1. The van der Waals surface area contributed by atoms with Crippen molar-refractivity contribution < 1.29 is 9.47 Å². The standard InChI is InChI=1S/C20H21ClN2O2/c1-14-22-17(20(23-14)15-9-11-16(21)12-10-15)6-5-13-25-19-8-4-3-7-18(19)24-2/h3-4,7-12H,5-6,13H2,1-2H3,(H,22,23). The molecule has 0 radical (unpaired) electrons. The van der Waals surface area contributed by atoms with Crippen molar-refractivity contribution in [2.24, 2.45) is 0 Å². The molecule has 0 atom stereocenters. The summed E-state index contributed by atoms with van der Waals surface area (Å²) in [4.78, 5) is 7.97. The number of hydrogen-bond acceptors (Lipinski definition) is 3. The van der Waals surface area contributed by atoms with Crippen LogP contribution in [0.2, 0.25) is 5.02 Å². The number of para-hydroxylation sites is 2. The summed E-state index contributed by atoms with van der Waals surface area (Å²) in [7, 11) is 1.65. The van der Waals surface area contributed by atoms with E-state index in [2.05, 4.69) is 9.97 Å². The Balaban J connectivity index is 1.63. The first kappa shape index (κ1) is 17.4. The molecule has 0 aliphatic rings. The summed E-state index contributed by atoms with van der Waals surface area (Å²) >= 11 is 5.97. The Morgan fingerprint density at radius 2 is 1.76 bits per heavy atom. The van der Waals surface area contributed by atoms with Gasteiger partial charge < -0.3 is 14.5 Å². The molecular weight excluding hydrogens is 336 g/mol. The molecule has 4 nitrogen and oxygen atoms in total. The molecule has 5 heteroatoms. The van der Waals surface area contributed by atoms with Crippen LogP contribution in [-0.4, -0.2) is 23.7 Å². The van der Waals surface area contributed by atoms with E-state index in [0.29, 0.717) is 6.61 Å². The van der Waals surface area contributed by atoms with Crippen LogP contribution in [0, 0.1) is 6.92 Å². The fourth-order valence-corrected chi connectivity index (χ4v) is 2.86. The van der Waals surface area contributed by atoms with Gasteiger partial charge in [-0.25, -0.2) is 4.98 Å². The number of benzene rings is 2. The number of imidazole rings is 1. The van der Waals surface area contributed by atoms with Crippen molar-refractivity contribution in [2.45, 2.75) is 19.8 Å². The van der Waals surface area contributed by atoms with Crippen molar-refractivity contribution in [1.29, 1.82) is 0 Å². The fourth-order valence-electron chi connectivity index (χ4n) is 2.74. The SMILES string of the molecule is COc1ccccc1OCCCc1[nH]c(C)nc1-c1ccc(Cl)cc1. The van der Waals surface area contributed by atoms with Crippen LogP contribution in [0.25, 0.3) is 11.3 Å².